The Bertz CT molecular complexity index is 510. The molecule has 1 aromatic carbocycles. The molecular formula is C15H19Br2NO3. The number of carbonyl (C=O) groups is 1. The van der Waals surface area contributed by atoms with Gasteiger partial charge in [-0.15, -0.1) is 0 Å². The Morgan fingerprint density at radius 1 is 1.38 bits per heavy atom. The van der Waals surface area contributed by atoms with Crippen molar-refractivity contribution in [3.63, 3.8) is 0 Å². The molecule has 1 saturated heterocycles. The number of nitrogens with zero attached hydrogens (tertiary/aromatic N) is 1. The summed E-state index contributed by atoms with van der Waals surface area (Å²) in [5, 5.41) is 9.33. The second kappa shape index (κ2) is 7.72. The van der Waals surface area contributed by atoms with Crippen LogP contribution < -0.4 is 0 Å². The summed E-state index contributed by atoms with van der Waals surface area (Å²) in [6.45, 7) is 4.51. The van der Waals surface area contributed by atoms with Crippen LogP contribution in [0.5, 0.6) is 0 Å². The van der Waals surface area contributed by atoms with Gasteiger partial charge in [-0.25, -0.2) is 0 Å². The minimum absolute atomic E-state index is 0.0510. The van der Waals surface area contributed by atoms with Crippen molar-refractivity contribution < 1.29 is 14.6 Å². The molecule has 0 bridgehead atoms. The Morgan fingerprint density at radius 2 is 2.14 bits per heavy atom. The van der Waals surface area contributed by atoms with Gasteiger partial charge in [0.25, 0.3) is 0 Å². The smallest absolute Gasteiger partial charge is 0.310 e. The predicted octanol–water partition coefficient (Wildman–Crippen LogP) is 3.52. The van der Waals surface area contributed by atoms with Gasteiger partial charge in [0.1, 0.15) is 0 Å². The highest BCUT2D eigenvalue weighted by molar-refractivity contribution is 9.13. The molecule has 1 aromatic rings. The maximum Gasteiger partial charge on any atom is 0.310 e. The monoisotopic (exact) mass is 419 g/mol. The summed E-state index contributed by atoms with van der Waals surface area (Å²) in [5.74, 6) is -1.20. The van der Waals surface area contributed by atoms with Gasteiger partial charge in [-0.3, -0.25) is 9.69 Å². The van der Waals surface area contributed by atoms with E-state index in [4.69, 9.17) is 4.74 Å². The van der Waals surface area contributed by atoms with E-state index in [1.54, 1.807) is 0 Å². The number of aliphatic carboxylic acids is 1. The molecule has 0 aliphatic carbocycles. The zero-order chi connectivity index (χ0) is 15.4. The molecule has 2 atom stereocenters. The van der Waals surface area contributed by atoms with Gasteiger partial charge >= 0.3 is 5.97 Å². The number of halogens is 2. The normalized spacial score (nSPS) is 21.9. The van der Waals surface area contributed by atoms with Gasteiger partial charge < -0.3 is 9.84 Å². The Morgan fingerprint density at radius 3 is 2.76 bits per heavy atom. The molecule has 0 radical (unpaired) electrons. The first kappa shape index (κ1) is 16.9. The van der Waals surface area contributed by atoms with E-state index in [0.717, 1.165) is 34.0 Å². The minimum atomic E-state index is -0.768. The lowest BCUT2D eigenvalue weighted by atomic mass is 10.0. The molecule has 0 saturated carbocycles. The molecule has 21 heavy (non-hydrogen) atoms. The largest absolute Gasteiger partial charge is 0.481 e. The summed E-state index contributed by atoms with van der Waals surface area (Å²) in [4.78, 5) is 13.6. The zero-order valence-corrected chi connectivity index (χ0v) is 15.1. The number of rotatable bonds is 6. The van der Waals surface area contributed by atoms with Gasteiger partial charge in [-0.1, -0.05) is 13.0 Å². The SMILES string of the molecule is CCCN(Cc1ccc(Br)c(Br)c1)C1COCC1C(=O)O. The summed E-state index contributed by atoms with van der Waals surface area (Å²) in [6, 6.07) is 6.08. The van der Waals surface area contributed by atoms with Crippen molar-refractivity contribution in [2.75, 3.05) is 19.8 Å². The first-order valence-corrected chi connectivity index (χ1v) is 8.60. The lowest BCUT2D eigenvalue weighted by molar-refractivity contribution is -0.143. The van der Waals surface area contributed by atoms with Crippen molar-refractivity contribution in [1.82, 2.24) is 4.90 Å². The van der Waals surface area contributed by atoms with Crippen LogP contribution in [0.4, 0.5) is 0 Å². The van der Waals surface area contributed by atoms with E-state index < -0.39 is 11.9 Å². The molecule has 1 N–H and O–H groups in total. The van der Waals surface area contributed by atoms with Gasteiger partial charge in [0, 0.05) is 21.5 Å². The van der Waals surface area contributed by atoms with Gasteiger partial charge in [0.15, 0.2) is 0 Å². The van der Waals surface area contributed by atoms with Crippen molar-refractivity contribution in [3.05, 3.63) is 32.7 Å². The Balaban J connectivity index is 2.14. The summed E-state index contributed by atoms with van der Waals surface area (Å²) in [7, 11) is 0. The highest BCUT2D eigenvalue weighted by Crippen LogP contribution is 2.26. The molecule has 1 aliphatic rings. The summed E-state index contributed by atoms with van der Waals surface area (Å²) in [5.41, 5.74) is 1.16. The Labute approximate surface area is 141 Å². The van der Waals surface area contributed by atoms with Gasteiger partial charge in [0.2, 0.25) is 0 Å². The van der Waals surface area contributed by atoms with Crippen LogP contribution in [-0.2, 0) is 16.1 Å². The molecule has 0 aromatic heterocycles. The quantitative estimate of drug-likeness (QED) is 0.764. The minimum Gasteiger partial charge on any atom is -0.481 e. The van der Waals surface area contributed by atoms with Gasteiger partial charge in [0.05, 0.1) is 19.1 Å². The first-order valence-electron chi connectivity index (χ1n) is 7.01. The topological polar surface area (TPSA) is 49.8 Å². The van der Waals surface area contributed by atoms with Crippen LogP contribution in [0.2, 0.25) is 0 Å². The fourth-order valence-corrected chi connectivity index (χ4v) is 3.33. The summed E-state index contributed by atoms with van der Waals surface area (Å²) >= 11 is 6.97. The van der Waals surface area contributed by atoms with Crippen molar-refractivity contribution >= 4 is 37.8 Å². The maximum absolute atomic E-state index is 11.4. The number of benzene rings is 1. The first-order chi connectivity index (χ1) is 10.0. The molecule has 0 spiro atoms. The van der Waals surface area contributed by atoms with E-state index in [-0.39, 0.29) is 6.04 Å². The predicted molar refractivity (Wildman–Crippen MR) is 88.3 cm³/mol. The molecule has 1 aliphatic heterocycles. The fourth-order valence-electron chi connectivity index (χ4n) is 2.66. The van der Waals surface area contributed by atoms with Crippen LogP contribution in [0.1, 0.15) is 18.9 Å². The third-order valence-electron chi connectivity index (χ3n) is 3.72. The molecule has 6 heteroatoms. The second-order valence-corrected chi connectivity index (χ2v) is 6.98. The number of ether oxygens (including phenoxy) is 1. The average molecular weight is 421 g/mol. The van der Waals surface area contributed by atoms with E-state index in [2.05, 4.69) is 55.8 Å². The van der Waals surface area contributed by atoms with Crippen LogP contribution in [0.15, 0.2) is 27.1 Å². The highest BCUT2D eigenvalue weighted by Gasteiger charge is 2.37. The van der Waals surface area contributed by atoms with E-state index in [0.29, 0.717) is 13.2 Å². The number of carboxylic acid groups (broad SMARTS) is 1. The van der Waals surface area contributed by atoms with Crippen molar-refractivity contribution in [2.45, 2.75) is 25.9 Å². The maximum atomic E-state index is 11.4. The van der Waals surface area contributed by atoms with E-state index in [1.165, 1.54) is 0 Å². The highest BCUT2D eigenvalue weighted by atomic mass is 79.9. The molecule has 2 unspecified atom stereocenters. The lowest BCUT2D eigenvalue weighted by Gasteiger charge is -2.30. The van der Waals surface area contributed by atoms with Gasteiger partial charge in [-0.05, 0) is 62.5 Å². The van der Waals surface area contributed by atoms with Gasteiger partial charge in [-0.2, -0.15) is 0 Å². The summed E-state index contributed by atoms with van der Waals surface area (Å²) in [6.07, 6.45) is 0.987. The zero-order valence-electron chi connectivity index (χ0n) is 11.9. The third-order valence-corrected chi connectivity index (χ3v) is 5.60. The van der Waals surface area contributed by atoms with E-state index in [9.17, 15) is 9.90 Å². The van der Waals surface area contributed by atoms with E-state index >= 15 is 0 Å². The lowest BCUT2D eigenvalue weighted by Crippen LogP contribution is -2.43. The number of carboxylic acids is 1. The average Bonchev–Trinajstić information content (AvgIpc) is 2.92. The van der Waals surface area contributed by atoms with Crippen molar-refractivity contribution in [3.8, 4) is 0 Å². The Kier molecular flexibility index (Phi) is 6.22. The molecule has 1 fully saturated rings. The molecule has 4 nitrogen and oxygen atoms in total. The number of hydrogen-bond acceptors (Lipinski definition) is 3. The van der Waals surface area contributed by atoms with E-state index in [1.807, 2.05) is 6.07 Å². The van der Waals surface area contributed by atoms with Crippen LogP contribution >= 0.6 is 31.9 Å². The van der Waals surface area contributed by atoms with Crippen LogP contribution in [0.3, 0.4) is 0 Å². The fraction of sp³-hybridized carbons (Fsp3) is 0.533. The summed E-state index contributed by atoms with van der Waals surface area (Å²) < 4.78 is 7.42. The van der Waals surface area contributed by atoms with Crippen LogP contribution in [0.25, 0.3) is 0 Å². The third kappa shape index (κ3) is 4.28. The molecule has 1 heterocycles. The molecular weight excluding hydrogens is 402 g/mol. The standard InChI is InChI=1S/C15H19Br2NO3/c1-2-5-18(14-9-21-8-11(14)15(19)20)7-10-3-4-12(16)13(17)6-10/h3-4,6,11,14H,2,5,7-9H2,1H3,(H,19,20). The van der Waals surface area contributed by atoms with Crippen LogP contribution in [-0.4, -0.2) is 41.8 Å². The van der Waals surface area contributed by atoms with Crippen molar-refractivity contribution in [2.24, 2.45) is 5.92 Å². The second-order valence-electron chi connectivity index (χ2n) is 5.27. The molecule has 0 amide bonds. The number of hydrogen-bond donors (Lipinski definition) is 1. The Hall–Kier alpha value is -0.430. The van der Waals surface area contributed by atoms with Crippen molar-refractivity contribution in [1.29, 1.82) is 0 Å². The molecule has 116 valence electrons. The molecule has 2 rings (SSSR count). The van der Waals surface area contributed by atoms with Crippen LogP contribution in [0, 0.1) is 5.92 Å².